The van der Waals surface area contributed by atoms with E-state index in [1.807, 2.05) is 26.8 Å². The first-order valence-corrected chi connectivity index (χ1v) is 13.0. The summed E-state index contributed by atoms with van der Waals surface area (Å²) in [6.45, 7) is 12.0. The molecule has 0 aliphatic heterocycles. The van der Waals surface area contributed by atoms with E-state index in [2.05, 4.69) is 25.2 Å². The third-order valence-electron chi connectivity index (χ3n) is 5.56. The van der Waals surface area contributed by atoms with E-state index in [-0.39, 0.29) is 17.9 Å². The lowest BCUT2D eigenvalue weighted by Crippen LogP contribution is -2.48. The summed E-state index contributed by atoms with van der Waals surface area (Å²) in [5.41, 5.74) is 3.41. The number of nitrogens with one attached hydrogen (secondary N) is 1. The molecule has 2 aromatic rings. The van der Waals surface area contributed by atoms with Crippen LogP contribution in [0.15, 0.2) is 36.4 Å². The molecule has 0 aromatic heterocycles. The standard InChI is InChI=1S/C25H36N2O5S/c1-9-32-21-12-10-20(11-13-21)27(33(8,29)30)19(6)25(28)26-18(5)23-15-22(16(2)3)24(31-7)14-17(23)4/h10-16,18-19H,9H2,1-8H3,(H,26,28)/t18-,19-/m0/s1. The second-order valence-corrected chi connectivity index (χ2v) is 10.4. The Morgan fingerprint density at radius 2 is 1.67 bits per heavy atom. The molecule has 0 aliphatic rings. The molecule has 33 heavy (non-hydrogen) atoms. The minimum atomic E-state index is -3.71. The average molecular weight is 477 g/mol. The average Bonchev–Trinajstić information content (AvgIpc) is 2.73. The largest absolute Gasteiger partial charge is 0.496 e. The van der Waals surface area contributed by atoms with Crippen LogP contribution in [-0.2, 0) is 14.8 Å². The highest BCUT2D eigenvalue weighted by Gasteiger charge is 2.30. The van der Waals surface area contributed by atoms with E-state index in [0.29, 0.717) is 18.0 Å². The van der Waals surface area contributed by atoms with Crippen LogP contribution in [-0.4, -0.2) is 40.3 Å². The van der Waals surface area contributed by atoms with Gasteiger partial charge in [-0.15, -0.1) is 0 Å². The molecule has 0 saturated carbocycles. The van der Waals surface area contributed by atoms with Gasteiger partial charge < -0.3 is 14.8 Å². The Labute approximate surface area is 198 Å². The van der Waals surface area contributed by atoms with Gasteiger partial charge >= 0.3 is 0 Å². The molecule has 0 bridgehead atoms. The van der Waals surface area contributed by atoms with E-state index in [0.717, 1.165) is 33.0 Å². The van der Waals surface area contributed by atoms with Gasteiger partial charge in [0.05, 0.1) is 31.7 Å². The van der Waals surface area contributed by atoms with E-state index in [4.69, 9.17) is 9.47 Å². The predicted molar refractivity (Wildman–Crippen MR) is 133 cm³/mol. The highest BCUT2D eigenvalue weighted by molar-refractivity contribution is 7.92. The van der Waals surface area contributed by atoms with E-state index in [1.54, 1.807) is 38.3 Å². The Bertz CT molecular complexity index is 1060. The third kappa shape index (κ3) is 6.41. The van der Waals surface area contributed by atoms with E-state index in [1.165, 1.54) is 0 Å². The number of nitrogens with zero attached hydrogens (tertiary/aromatic N) is 1. The minimum absolute atomic E-state index is 0.251. The van der Waals surface area contributed by atoms with Crippen molar-refractivity contribution in [1.82, 2.24) is 5.32 Å². The SMILES string of the molecule is CCOc1ccc(N([C@@H](C)C(=O)N[C@@H](C)c2cc(C(C)C)c(OC)cc2C)S(C)(=O)=O)cc1. The van der Waals surface area contributed by atoms with Crippen LogP contribution in [0.3, 0.4) is 0 Å². The smallest absolute Gasteiger partial charge is 0.244 e. The normalized spacial score (nSPS) is 13.4. The number of carbonyl (C=O) groups is 1. The molecular formula is C25H36N2O5S. The number of aryl methyl sites for hydroxylation is 1. The number of anilines is 1. The Kier molecular flexibility index (Phi) is 8.77. The van der Waals surface area contributed by atoms with Gasteiger partial charge in [-0.2, -0.15) is 0 Å². The number of sulfonamides is 1. The second kappa shape index (κ2) is 10.9. The summed E-state index contributed by atoms with van der Waals surface area (Å²) in [5.74, 6) is 1.32. The highest BCUT2D eigenvalue weighted by Crippen LogP contribution is 2.32. The molecule has 2 aromatic carbocycles. The number of amides is 1. The highest BCUT2D eigenvalue weighted by atomic mass is 32.2. The lowest BCUT2D eigenvalue weighted by molar-refractivity contribution is -0.122. The second-order valence-electron chi connectivity index (χ2n) is 8.50. The summed E-state index contributed by atoms with van der Waals surface area (Å²) in [6, 6.07) is 9.43. The molecule has 1 N–H and O–H groups in total. The van der Waals surface area contributed by atoms with Crippen molar-refractivity contribution >= 4 is 21.6 Å². The predicted octanol–water partition coefficient (Wildman–Crippen LogP) is 4.56. The summed E-state index contributed by atoms with van der Waals surface area (Å²) in [7, 11) is -2.06. The maximum atomic E-state index is 13.1. The van der Waals surface area contributed by atoms with Gasteiger partial charge in [0.1, 0.15) is 17.5 Å². The maximum Gasteiger partial charge on any atom is 0.244 e. The van der Waals surface area contributed by atoms with Crippen LogP contribution in [0, 0.1) is 6.92 Å². The molecule has 2 atom stereocenters. The lowest BCUT2D eigenvalue weighted by atomic mass is 9.93. The van der Waals surface area contributed by atoms with Crippen molar-refractivity contribution in [2.75, 3.05) is 24.3 Å². The topological polar surface area (TPSA) is 84.9 Å². The number of ether oxygens (including phenoxy) is 2. The quantitative estimate of drug-likeness (QED) is 0.543. The third-order valence-corrected chi connectivity index (χ3v) is 6.80. The zero-order valence-corrected chi connectivity index (χ0v) is 21.6. The summed E-state index contributed by atoms with van der Waals surface area (Å²) in [6.07, 6.45) is 1.10. The summed E-state index contributed by atoms with van der Waals surface area (Å²) < 4.78 is 37.3. The Hall–Kier alpha value is -2.74. The number of carbonyl (C=O) groups excluding carboxylic acids is 1. The van der Waals surface area contributed by atoms with Gasteiger partial charge in [0.25, 0.3) is 0 Å². The van der Waals surface area contributed by atoms with Crippen LogP contribution in [0.2, 0.25) is 0 Å². The summed E-state index contributed by atoms with van der Waals surface area (Å²) in [4.78, 5) is 13.1. The first-order chi connectivity index (χ1) is 15.4. The van der Waals surface area contributed by atoms with Crippen molar-refractivity contribution in [3.05, 3.63) is 53.1 Å². The Morgan fingerprint density at radius 3 is 2.15 bits per heavy atom. The molecule has 1 amide bonds. The van der Waals surface area contributed by atoms with Crippen molar-refractivity contribution in [1.29, 1.82) is 0 Å². The van der Waals surface area contributed by atoms with Crippen molar-refractivity contribution in [3.63, 3.8) is 0 Å². The first-order valence-electron chi connectivity index (χ1n) is 11.1. The molecule has 182 valence electrons. The van der Waals surface area contributed by atoms with Crippen LogP contribution in [0.25, 0.3) is 0 Å². The Balaban J connectivity index is 2.31. The first kappa shape index (κ1) is 26.5. The molecular weight excluding hydrogens is 440 g/mol. The van der Waals surface area contributed by atoms with Crippen molar-refractivity contribution in [2.24, 2.45) is 0 Å². The van der Waals surface area contributed by atoms with Gasteiger partial charge in [0.15, 0.2) is 0 Å². The number of hydrogen-bond acceptors (Lipinski definition) is 5. The van der Waals surface area contributed by atoms with E-state index >= 15 is 0 Å². The molecule has 2 rings (SSSR count). The van der Waals surface area contributed by atoms with Gasteiger partial charge in [-0.25, -0.2) is 8.42 Å². The molecule has 0 unspecified atom stereocenters. The molecule has 0 spiro atoms. The molecule has 0 radical (unpaired) electrons. The monoisotopic (exact) mass is 476 g/mol. The van der Waals surface area contributed by atoms with Crippen molar-refractivity contribution in [3.8, 4) is 11.5 Å². The lowest BCUT2D eigenvalue weighted by Gasteiger charge is -2.30. The van der Waals surface area contributed by atoms with Crippen molar-refractivity contribution < 1.29 is 22.7 Å². The van der Waals surface area contributed by atoms with Gasteiger partial charge in [0.2, 0.25) is 15.9 Å². The van der Waals surface area contributed by atoms with Gasteiger partial charge in [-0.05, 0) is 86.7 Å². The number of hydrogen-bond donors (Lipinski definition) is 1. The maximum absolute atomic E-state index is 13.1. The van der Waals surface area contributed by atoms with E-state index in [9.17, 15) is 13.2 Å². The number of methoxy groups -OCH3 is 1. The number of benzene rings is 2. The fourth-order valence-electron chi connectivity index (χ4n) is 3.89. The zero-order valence-electron chi connectivity index (χ0n) is 20.8. The molecule has 0 fully saturated rings. The molecule has 0 saturated heterocycles. The van der Waals surface area contributed by atoms with E-state index < -0.39 is 16.1 Å². The van der Waals surface area contributed by atoms with Crippen molar-refractivity contribution in [2.45, 2.75) is 59.5 Å². The fraction of sp³-hybridized carbons (Fsp3) is 0.480. The fourth-order valence-corrected chi connectivity index (χ4v) is 5.06. The van der Waals surface area contributed by atoms with Crippen LogP contribution >= 0.6 is 0 Å². The van der Waals surface area contributed by atoms with Gasteiger partial charge in [0, 0.05) is 0 Å². The molecule has 0 heterocycles. The number of rotatable bonds is 10. The minimum Gasteiger partial charge on any atom is -0.496 e. The van der Waals surface area contributed by atoms with Crippen LogP contribution in [0.1, 0.15) is 63.3 Å². The molecule has 7 nitrogen and oxygen atoms in total. The van der Waals surface area contributed by atoms with Gasteiger partial charge in [-0.3, -0.25) is 9.10 Å². The zero-order chi connectivity index (χ0) is 24.9. The van der Waals surface area contributed by atoms with Gasteiger partial charge in [-0.1, -0.05) is 13.8 Å². The van der Waals surface area contributed by atoms with Crippen LogP contribution < -0.4 is 19.1 Å². The Morgan fingerprint density at radius 1 is 1.06 bits per heavy atom. The van der Waals surface area contributed by atoms with Crippen LogP contribution in [0.4, 0.5) is 5.69 Å². The molecule has 0 aliphatic carbocycles. The molecule has 8 heteroatoms. The van der Waals surface area contributed by atoms with Crippen LogP contribution in [0.5, 0.6) is 11.5 Å². The summed E-state index contributed by atoms with van der Waals surface area (Å²) >= 11 is 0. The summed E-state index contributed by atoms with van der Waals surface area (Å²) in [5, 5.41) is 2.98.